The summed E-state index contributed by atoms with van der Waals surface area (Å²) in [5, 5.41) is 13.6. The Labute approximate surface area is 216 Å². The number of Topliss-reactive ketones (excluding diaryl/α,β-unsaturated/α-hetero) is 1. The predicted octanol–water partition coefficient (Wildman–Crippen LogP) is 6.17. The summed E-state index contributed by atoms with van der Waals surface area (Å²) in [6.07, 6.45) is 1.91. The number of ketones is 1. The van der Waals surface area contributed by atoms with Crippen LogP contribution in [0.25, 0.3) is 16.0 Å². The van der Waals surface area contributed by atoms with Gasteiger partial charge < -0.3 is 14.6 Å². The van der Waals surface area contributed by atoms with Crippen molar-refractivity contribution in [1.82, 2.24) is 4.98 Å². The van der Waals surface area contributed by atoms with Crippen molar-refractivity contribution in [2.75, 3.05) is 18.6 Å². The van der Waals surface area contributed by atoms with E-state index in [4.69, 9.17) is 9.47 Å². The largest absolute Gasteiger partial charge is 0.507 e. The van der Waals surface area contributed by atoms with E-state index in [-0.39, 0.29) is 11.3 Å². The van der Waals surface area contributed by atoms with Crippen LogP contribution in [0.5, 0.6) is 11.5 Å². The van der Waals surface area contributed by atoms with Crippen LogP contribution < -0.4 is 14.4 Å². The molecule has 0 radical (unpaired) electrons. The SMILES string of the molecule is CCCCOc1cccc(C(O)=C2C(=O)C(=O)N(c3nc4ccc(OC)cc4s3)C2c2cccs2)c1. The quantitative estimate of drug-likeness (QED) is 0.129. The van der Waals surface area contributed by atoms with Crippen LogP contribution in [0.15, 0.2) is 65.6 Å². The van der Waals surface area contributed by atoms with Crippen LogP contribution >= 0.6 is 22.7 Å². The maximum Gasteiger partial charge on any atom is 0.301 e. The van der Waals surface area contributed by atoms with Crippen molar-refractivity contribution in [3.05, 3.63) is 76.0 Å². The standard InChI is InChI=1S/C27H24N2O5S2/c1-3-4-12-34-18-8-5-7-16(14-18)24(30)22-23(20-9-6-13-35-20)29(26(32)25(22)31)27-28-19-11-10-17(33-2)15-21(19)36-27/h5-11,13-15,23,30H,3-4,12H2,1-2H3. The van der Waals surface area contributed by atoms with Gasteiger partial charge in [0.15, 0.2) is 5.13 Å². The highest BCUT2D eigenvalue weighted by molar-refractivity contribution is 7.22. The van der Waals surface area contributed by atoms with E-state index < -0.39 is 17.7 Å². The Morgan fingerprint density at radius 3 is 2.72 bits per heavy atom. The van der Waals surface area contributed by atoms with Gasteiger partial charge in [0.05, 0.1) is 29.5 Å². The van der Waals surface area contributed by atoms with Gasteiger partial charge in [0.2, 0.25) is 0 Å². The number of hydrogen-bond donors (Lipinski definition) is 1. The fourth-order valence-corrected chi connectivity index (χ4v) is 5.94. The van der Waals surface area contributed by atoms with E-state index in [1.165, 1.54) is 27.6 Å². The number of ether oxygens (including phenoxy) is 2. The molecule has 36 heavy (non-hydrogen) atoms. The number of thiophene rings is 1. The summed E-state index contributed by atoms with van der Waals surface area (Å²) in [4.78, 5) is 33.5. The van der Waals surface area contributed by atoms with Gasteiger partial charge in [-0.1, -0.05) is 42.9 Å². The molecule has 1 aliphatic rings. The zero-order chi connectivity index (χ0) is 25.2. The molecule has 1 aliphatic heterocycles. The molecule has 1 fully saturated rings. The van der Waals surface area contributed by atoms with Crippen molar-refractivity contribution in [2.24, 2.45) is 0 Å². The van der Waals surface area contributed by atoms with Gasteiger partial charge in [0.1, 0.15) is 23.3 Å². The molecule has 0 saturated carbocycles. The van der Waals surface area contributed by atoms with Crippen LogP contribution in [-0.4, -0.2) is 35.5 Å². The summed E-state index contributed by atoms with van der Waals surface area (Å²) in [7, 11) is 1.59. The smallest absolute Gasteiger partial charge is 0.301 e. The third kappa shape index (κ3) is 4.36. The highest BCUT2D eigenvalue weighted by Gasteiger charge is 2.48. The van der Waals surface area contributed by atoms with Crippen LogP contribution in [0.1, 0.15) is 36.2 Å². The summed E-state index contributed by atoms with van der Waals surface area (Å²) >= 11 is 2.71. The number of methoxy groups -OCH3 is 1. The lowest BCUT2D eigenvalue weighted by molar-refractivity contribution is -0.132. The van der Waals surface area contributed by atoms with Crippen LogP contribution in [0, 0.1) is 0 Å². The summed E-state index contributed by atoms with van der Waals surface area (Å²) in [6.45, 7) is 2.64. The zero-order valence-electron chi connectivity index (χ0n) is 19.8. The summed E-state index contributed by atoms with van der Waals surface area (Å²) in [5.74, 6) is -0.445. The van der Waals surface area contributed by atoms with E-state index in [2.05, 4.69) is 11.9 Å². The molecule has 7 nitrogen and oxygen atoms in total. The molecule has 2 aromatic heterocycles. The number of rotatable bonds is 8. The molecule has 1 unspecified atom stereocenters. The lowest BCUT2D eigenvalue weighted by Gasteiger charge is -2.21. The third-order valence-electron chi connectivity index (χ3n) is 5.92. The minimum Gasteiger partial charge on any atom is -0.507 e. The van der Waals surface area contributed by atoms with Gasteiger partial charge in [-0.05, 0) is 48.2 Å². The van der Waals surface area contributed by atoms with Crippen LogP contribution in [-0.2, 0) is 9.59 Å². The first-order valence-corrected chi connectivity index (χ1v) is 13.2. The number of unbranched alkanes of at least 4 members (excludes halogenated alkanes) is 1. The monoisotopic (exact) mass is 520 g/mol. The number of aromatic nitrogens is 1. The Hall–Kier alpha value is -3.69. The first-order valence-electron chi connectivity index (χ1n) is 11.5. The number of aliphatic hydroxyl groups is 1. The molecule has 4 aromatic rings. The maximum atomic E-state index is 13.4. The molecule has 1 amide bonds. The van der Waals surface area contributed by atoms with Gasteiger partial charge in [-0.2, -0.15) is 0 Å². The van der Waals surface area contributed by atoms with E-state index in [0.29, 0.717) is 34.3 Å². The van der Waals surface area contributed by atoms with Gasteiger partial charge in [-0.3, -0.25) is 14.5 Å². The molecule has 1 atom stereocenters. The Balaban J connectivity index is 1.61. The number of amides is 1. The number of thiazole rings is 1. The van der Waals surface area contributed by atoms with Gasteiger partial charge >= 0.3 is 5.91 Å². The fourth-order valence-electron chi connectivity index (χ4n) is 4.09. The van der Waals surface area contributed by atoms with Crippen LogP contribution in [0.4, 0.5) is 5.13 Å². The van der Waals surface area contributed by atoms with Crippen molar-refractivity contribution in [3.63, 3.8) is 0 Å². The minimum atomic E-state index is -0.794. The number of anilines is 1. The van der Waals surface area contributed by atoms with E-state index in [0.717, 1.165) is 22.4 Å². The second kappa shape index (κ2) is 10.1. The van der Waals surface area contributed by atoms with Gasteiger partial charge in [0.25, 0.3) is 5.78 Å². The Morgan fingerprint density at radius 1 is 1.11 bits per heavy atom. The molecule has 0 bridgehead atoms. The predicted molar refractivity (Wildman–Crippen MR) is 142 cm³/mol. The van der Waals surface area contributed by atoms with E-state index >= 15 is 0 Å². The van der Waals surface area contributed by atoms with E-state index in [9.17, 15) is 14.7 Å². The molecular weight excluding hydrogens is 496 g/mol. The second-order valence-electron chi connectivity index (χ2n) is 8.24. The first kappa shape index (κ1) is 24.0. The number of benzene rings is 2. The van der Waals surface area contributed by atoms with Gasteiger partial charge in [-0.25, -0.2) is 4.98 Å². The first-order chi connectivity index (χ1) is 17.5. The zero-order valence-corrected chi connectivity index (χ0v) is 21.4. The fraction of sp³-hybridized carbons (Fsp3) is 0.222. The molecule has 1 saturated heterocycles. The highest BCUT2D eigenvalue weighted by atomic mass is 32.1. The van der Waals surface area contributed by atoms with Crippen LogP contribution in [0.2, 0.25) is 0 Å². The van der Waals surface area contributed by atoms with E-state index in [1.807, 2.05) is 29.6 Å². The van der Waals surface area contributed by atoms with Gasteiger partial charge in [0, 0.05) is 10.4 Å². The molecule has 184 valence electrons. The summed E-state index contributed by atoms with van der Waals surface area (Å²) in [6, 6.07) is 15.3. The lowest BCUT2D eigenvalue weighted by atomic mass is 10.00. The van der Waals surface area contributed by atoms with Crippen LogP contribution in [0.3, 0.4) is 0 Å². The number of hydrogen-bond acceptors (Lipinski definition) is 8. The summed E-state index contributed by atoms with van der Waals surface area (Å²) in [5.41, 5.74) is 1.14. The minimum absolute atomic E-state index is 0.0324. The summed E-state index contributed by atoms with van der Waals surface area (Å²) < 4.78 is 11.9. The second-order valence-corrected chi connectivity index (χ2v) is 10.2. The highest BCUT2D eigenvalue weighted by Crippen LogP contribution is 2.45. The Bertz CT molecular complexity index is 1460. The average Bonchev–Trinajstić information content (AvgIpc) is 3.62. The molecule has 1 N–H and O–H groups in total. The molecule has 5 rings (SSSR count). The number of fused-ring (bicyclic) bond motifs is 1. The molecule has 2 aromatic carbocycles. The van der Waals surface area contributed by atoms with Crippen molar-refractivity contribution < 1.29 is 24.2 Å². The normalized spacial score (nSPS) is 17.2. The number of nitrogens with zero attached hydrogens (tertiary/aromatic N) is 2. The lowest BCUT2D eigenvalue weighted by Crippen LogP contribution is -2.28. The molecular formula is C27H24N2O5S2. The van der Waals surface area contributed by atoms with Crippen molar-refractivity contribution in [3.8, 4) is 11.5 Å². The average molecular weight is 521 g/mol. The molecule has 0 aliphatic carbocycles. The molecule has 0 spiro atoms. The van der Waals surface area contributed by atoms with Crippen molar-refractivity contribution >= 4 is 55.5 Å². The van der Waals surface area contributed by atoms with Gasteiger partial charge in [-0.15, -0.1) is 11.3 Å². The third-order valence-corrected chi connectivity index (χ3v) is 7.86. The van der Waals surface area contributed by atoms with Crippen molar-refractivity contribution in [1.29, 1.82) is 0 Å². The Morgan fingerprint density at radius 2 is 1.97 bits per heavy atom. The number of carbonyl (C=O) groups is 2. The number of aliphatic hydroxyl groups excluding tert-OH is 1. The van der Waals surface area contributed by atoms with E-state index in [1.54, 1.807) is 37.4 Å². The van der Waals surface area contributed by atoms with Crippen molar-refractivity contribution in [2.45, 2.75) is 25.8 Å². The number of carbonyl (C=O) groups excluding carboxylic acids is 2. The Kier molecular flexibility index (Phi) is 6.75. The molecule has 9 heteroatoms. The topological polar surface area (TPSA) is 89.0 Å². The molecule has 3 heterocycles. The maximum absolute atomic E-state index is 13.4.